The number of nitrogens with zero attached hydrogens (tertiary/aromatic N) is 1. The van der Waals surface area contributed by atoms with E-state index >= 15 is 0 Å². The second-order valence-electron chi connectivity index (χ2n) is 8.93. The third-order valence-corrected chi connectivity index (χ3v) is 7.78. The molecule has 0 aromatic rings. The van der Waals surface area contributed by atoms with Crippen LogP contribution >= 0.6 is 0 Å². The SMILES string of the molecule is O=C1C2=C(C(=O)N1OS(=O)(=O)C(F)(F)C(F)(F)C(F)(F)C(F)(F)C(F)(F)C(F)(F)C(F)(F)C(F)(F)F)[C@H]1CCC2C1. The van der Waals surface area contributed by atoms with Crippen molar-refractivity contribution >= 4 is 21.9 Å². The lowest BCUT2D eigenvalue weighted by Crippen LogP contribution is -2.75. The van der Waals surface area contributed by atoms with E-state index < -0.39 is 96.9 Å². The molecule has 0 saturated heterocycles. The number of fused-ring (bicyclic) bond motifs is 4. The number of imide groups is 1. The molecule has 2 atom stereocenters. The van der Waals surface area contributed by atoms with Crippen molar-refractivity contribution in [2.24, 2.45) is 11.8 Å². The summed E-state index contributed by atoms with van der Waals surface area (Å²) in [6.45, 7) is 0. The first-order valence-electron chi connectivity index (χ1n) is 10.2. The van der Waals surface area contributed by atoms with Crippen LogP contribution in [0.5, 0.6) is 0 Å². The topological polar surface area (TPSA) is 80.8 Å². The Hall–Kier alpha value is -2.40. The van der Waals surface area contributed by atoms with Crippen LogP contribution in [0, 0.1) is 11.8 Å². The lowest BCUT2D eigenvalue weighted by Gasteiger charge is -2.42. The van der Waals surface area contributed by atoms with Gasteiger partial charge in [-0.1, -0.05) is 0 Å². The molecule has 1 unspecified atom stereocenters. The summed E-state index contributed by atoms with van der Waals surface area (Å²) in [5, 5.41) is -9.20. The van der Waals surface area contributed by atoms with Gasteiger partial charge in [-0.25, -0.2) is 0 Å². The van der Waals surface area contributed by atoms with Crippen LogP contribution in [0.4, 0.5) is 74.6 Å². The predicted octanol–water partition coefficient (Wildman–Crippen LogP) is 5.31. The zero-order valence-corrected chi connectivity index (χ0v) is 19.4. The number of carbonyl (C=O) groups is 2. The smallest absolute Gasteiger partial charge is 0.267 e. The zero-order chi connectivity index (χ0) is 32.4. The molecule has 1 aliphatic heterocycles. The van der Waals surface area contributed by atoms with Crippen LogP contribution in [0.3, 0.4) is 0 Å². The highest BCUT2D eigenvalue weighted by Crippen LogP contribution is 2.64. The molecule has 0 spiro atoms. The van der Waals surface area contributed by atoms with E-state index in [4.69, 9.17) is 0 Å². The van der Waals surface area contributed by atoms with Crippen LogP contribution in [0.2, 0.25) is 0 Å². The summed E-state index contributed by atoms with van der Waals surface area (Å²) < 4.78 is 254. The van der Waals surface area contributed by atoms with Gasteiger partial charge >= 0.3 is 57.1 Å². The predicted molar refractivity (Wildman–Crippen MR) is 90.4 cm³/mol. The summed E-state index contributed by atoms with van der Waals surface area (Å²) in [7, 11) is -8.09. The molecule has 1 saturated carbocycles. The number of rotatable bonds is 9. The summed E-state index contributed by atoms with van der Waals surface area (Å²) in [5.41, 5.74) is -1.14. The Kier molecular flexibility index (Phi) is 6.93. The molecule has 0 aromatic heterocycles. The fraction of sp³-hybridized carbons (Fsp3) is 0.765. The molecule has 0 radical (unpaired) electrons. The van der Waals surface area contributed by atoms with E-state index in [9.17, 15) is 92.6 Å². The fourth-order valence-electron chi connectivity index (χ4n) is 4.36. The molecule has 2 aliphatic carbocycles. The molecular weight excluding hydrogens is 653 g/mol. The highest BCUT2D eigenvalue weighted by atomic mass is 32.2. The molecule has 6 nitrogen and oxygen atoms in total. The molecule has 3 rings (SSSR count). The summed E-state index contributed by atoms with van der Waals surface area (Å²) >= 11 is 0. The highest BCUT2D eigenvalue weighted by molar-refractivity contribution is 7.87. The second kappa shape index (κ2) is 8.58. The quantitative estimate of drug-likeness (QED) is 0.247. The van der Waals surface area contributed by atoms with Crippen LogP contribution in [0.1, 0.15) is 19.3 Å². The molecule has 2 amide bonds. The van der Waals surface area contributed by atoms with Gasteiger partial charge in [-0.05, 0) is 31.1 Å². The molecule has 3 aliphatic rings. The van der Waals surface area contributed by atoms with Crippen molar-refractivity contribution in [2.75, 3.05) is 0 Å². The average Bonchev–Trinajstić information content (AvgIpc) is 3.47. The van der Waals surface area contributed by atoms with Crippen molar-refractivity contribution < 1.29 is 96.9 Å². The van der Waals surface area contributed by atoms with Crippen molar-refractivity contribution in [3.63, 3.8) is 0 Å². The van der Waals surface area contributed by atoms with Crippen molar-refractivity contribution in [1.82, 2.24) is 5.06 Å². The minimum absolute atomic E-state index is 0.102. The van der Waals surface area contributed by atoms with Crippen LogP contribution in [0.25, 0.3) is 0 Å². The van der Waals surface area contributed by atoms with E-state index in [1.807, 2.05) is 0 Å². The van der Waals surface area contributed by atoms with Crippen molar-refractivity contribution in [2.45, 2.75) is 66.2 Å². The van der Waals surface area contributed by atoms with Gasteiger partial charge in [0.05, 0.1) is 0 Å². The Morgan fingerprint density at radius 2 is 0.878 bits per heavy atom. The fourth-order valence-corrected chi connectivity index (χ4v) is 5.22. The third kappa shape index (κ3) is 3.83. The summed E-state index contributed by atoms with van der Waals surface area (Å²) in [6, 6.07) is 0. The standard InChI is InChI=1S/C17H8F17NO5S/c18-10(19,12(22,23)14(26,27)16(30,31)32)11(20,21)13(24,25)15(28,29)17(33,34)41(38,39)40-35-8(36)6-4-1-2-5(3-4)7(6)9(35)37/h4-5H,1-3H2/t4-,5?/m0/s1. The number of amides is 2. The highest BCUT2D eigenvalue weighted by Gasteiger charge is 2.96. The molecule has 0 N–H and O–H groups in total. The Bertz CT molecular complexity index is 1270. The van der Waals surface area contributed by atoms with E-state index in [0.717, 1.165) is 0 Å². The summed E-state index contributed by atoms with van der Waals surface area (Å²) in [6.07, 6.45) is -7.53. The third-order valence-electron chi connectivity index (χ3n) is 6.55. The van der Waals surface area contributed by atoms with Gasteiger partial charge in [-0.2, -0.15) is 83.1 Å². The van der Waals surface area contributed by atoms with Crippen LogP contribution < -0.4 is 0 Å². The molecule has 24 heteroatoms. The van der Waals surface area contributed by atoms with Crippen molar-refractivity contribution in [1.29, 1.82) is 0 Å². The van der Waals surface area contributed by atoms with E-state index in [0.29, 0.717) is 0 Å². The van der Waals surface area contributed by atoms with E-state index in [2.05, 4.69) is 4.28 Å². The van der Waals surface area contributed by atoms with Gasteiger partial charge in [0.25, 0.3) is 11.8 Å². The maximum Gasteiger partial charge on any atom is 0.460 e. The Labute approximate surface area is 214 Å². The van der Waals surface area contributed by atoms with Crippen LogP contribution in [-0.4, -0.2) is 72.3 Å². The molecule has 0 aromatic carbocycles. The Morgan fingerprint density at radius 3 is 1.22 bits per heavy atom. The molecule has 236 valence electrons. The lowest BCUT2D eigenvalue weighted by atomic mass is 9.91. The first-order valence-corrected chi connectivity index (χ1v) is 11.6. The zero-order valence-electron chi connectivity index (χ0n) is 18.6. The van der Waals surface area contributed by atoms with Gasteiger partial charge in [0.2, 0.25) is 0 Å². The first kappa shape index (κ1) is 33.1. The number of carbonyl (C=O) groups excluding carboxylic acids is 2. The van der Waals surface area contributed by atoms with E-state index in [-0.39, 0.29) is 19.3 Å². The molecule has 41 heavy (non-hydrogen) atoms. The van der Waals surface area contributed by atoms with Gasteiger partial charge in [0, 0.05) is 11.1 Å². The monoisotopic (exact) mass is 661 g/mol. The largest absolute Gasteiger partial charge is 0.460 e. The van der Waals surface area contributed by atoms with Gasteiger partial charge in [0.15, 0.2) is 0 Å². The lowest BCUT2D eigenvalue weighted by molar-refractivity contribution is -0.458. The van der Waals surface area contributed by atoms with Crippen molar-refractivity contribution in [3.8, 4) is 0 Å². The first-order chi connectivity index (χ1) is 17.9. The van der Waals surface area contributed by atoms with Crippen molar-refractivity contribution in [3.05, 3.63) is 11.1 Å². The number of hydrogen-bond donors (Lipinski definition) is 0. The number of hydrogen-bond acceptors (Lipinski definition) is 5. The van der Waals surface area contributed by atoms with Gasteiger partial charge in [0.1, 0.15) is 0 Å². The summed E-state index contributed by atoms with van der Waals surface area (Å²) in [4.78, 5) is 24.5. The molecule has 2 bridgehead atoms. The average molecular weight is 661 g/mol. The second-order valence-corrected chi connectivity index (χ2v) is 10.5. The summed E-state index contributed by atoms with van der Waals surface area (Å²) in [5.74, 6) is -58.1. The van der Waals surface area contributed by atoms with Crippen LogP contribution in [-0.2, 0) is 24.0 Å². The minimum Gasteiger partial charge on any atom is -0.267 e. The van der Waals surface area contributed by atoms with Crippen LogP contribution in [0.15, 0.2) is 11.1 Å². The number of hydroxylamine groups is 2. The van der Waals surface area contributed by atoms with E-state index in [1.54, 1.807) is 0 Å². The number of halogens is 17. The van der Waals surface area contributed by atoms with Gasteiger partial charge in [-0.15, -0.1) is 9.35 Å². The van der Waals surface area contributed by atoms with Gasteiger partial charge < -0.3 is 0 Å². The van der Waals surface area contributed by atoms with E-state index in [1.165, 1.54) is 0 Å². The molecule has 1 fully saturated rings. The normalized spacial score (nSPS) is 23.7. The maximum atomic E-state index is 14.2. The Morgan fingerprint density at radius 1 is 0.561 bits per heavy atom. The number of alkyl halides is 17. The molecular formula is C17H8F17NO5S. The minimum atomic E-state index is -9.01. The maximum absolute atomic E-state index is 14.2. The Balaban J connectivity index is 2.01. The molecule has 1 heterocycles. The van der Waals surface area contributed by atoms with Gasteiger partial charge in [-0.3, -0.25) is 9.59 Å².